The van der Waals surface area contributed by atoms with Crippen molar-refractivity contribution in [2.45, 2.75) is 70.6 Å². The van der Waals surface area contributed by atoms with Crippen molar-refractivity contribution in [3.05, 3.63) is 52.6 Å². The van der Waals surface area contributed by atoms with E-state index in [1.54, 1.807) is 7.11 Å². The molecule has 6 rings (SSSR count). The zero-order valence-corrected chi connectivity index (χ0v) is 23.4. The molecule has 1 unspecified atom stereocenters. The van der Waals surface area contributed by atoms with E-state index in [4.69, 9.17) is 4.74 Å². The van der Waals surface area contributed by atoms with Gasteiger partial charge in [-0.05, 0) is 104 Å². The highest BCUT2D eigenvalue weighted by molar-refractivity contribution is 5.93. The van der Waals surface area contributed by atoms with Crippen molar-refractivity contribution in [1.29, 1.82) is 0 Å². The van der Waals surface area contributed by atoms with Gasteiger partial charge in [-0.25, -0.2) is 0 Å². The van der Waals surface area contributed by atoms with Gasteiger partial charge < -0.3 is 14.7 Å². The van der Waals surface area contributed by atoms with E-state index >= 15 is 0 Å². The Kier molecular flexibility index (Phi) is 7.06. The highest BCUT2D eigenvalue weighted by Gasteiger charge is 2.65. The minimum atomic E-state index is -0.820. The maximum atomic E-state index is 13.8. The summed E-state index contributed by atoms with van der Waals surface area (Å²) in [6, 6.07) is 9.18. The van der Waals surface area contributed by atoms with Crippen LogP contribution in [0.2, 0.25) is 0 Å². The molecule has 1 aromatic rings. The predicted molar refractivity (Wildman–Crippen MR) is 152 cm³/mol. The van der Waals surface area contributed by atoms with E-state index in [-0.39, 0.29) is 36.1 Å². The number of fused-ring (bicyclic) bond motifs is 4. The zero-order valence-electron chi connectivity index (χ0n) is 23.4. The minimum Gasteiger partial charge on any atom is -0.384 e. The summed E-state index contributed by atoms with van der Waals surface area (Å²) in [5, 5.41) is 9.66. The third-order valence-corrected chi connectivity index (χ3v) is 10.8. The van der Waals surface area contributed by atoms with Gasteiger partial charge in [-0.15, -0.1) is 0 Å². The molecular weight excluding hydrogens is 486 g/mol. The molecule has 4 aliphatic carbocycles. The number of hydrogen-bond acceptors (Lipinski definition) is 5. The molecule has 1 N–H and O–H groups in total. The van der Waals surface area contributed by atoms with Crippen LogP contribution in [0.5, 0.6) is 0 Å². The molecule has 5 heteroatoms. The Bertz CT molecular complexity index is 1270. The van der Waals surface area contributed by atoms with Crippen LogP contribution in [0.3, 0.4) is 0 Å². The fourth-order valence-electron chi connectivity index (χ4n) is 9.06. The van der Waals surface area contributed by atoms with E-state index in [2.05, 4.69) is 47.9 Å². The number of benzene rings is 1. The molecule has 1 saturated heterocycles. The summed E-state index contributed by atoms with van der Waals surface area (Å²) in [5.74, 6) is 7.45. The van der Waals surface area contributed by atoms with E-state index in [9.17, 15) is 14.7 Å². The number of rotatable bonds is 5. The van der Waals surface area contributed by atoms with Gasteiger partial charge in [0.25, 0.3) is 0 Å². The minimum absolute atomic E-state index is 0.0469. The normalized spacial score (nSPS) is 33.6. The summed E-state index contributed by atoms with van der Waals surface area (Å²) in [4.78, 5) is 28.6. The van der Waals surface area contributed by atoms with Gasteiger partial charge in [-0.2, -0.15) is 0 Å². The number of ether oxygens (including phenoxy) is 1. The number of ketones is 2. The van der Waals surface area contributed by atoms with Gasteiger partial charge in [-0.3, -0.25) is 9.59 Å². The number of aliphatic hydroxyl groups excluding tert-OH is 1. The number of carbonyl (C=O) groups is 2. The van der Waals surface area contributed by atoms with Crippen molar-refractivity contribution in [2.24, 2.45) is 22.7 Å². The van der Waals surface area contributed by atoms with E-state index < -0.39 is 5.41 Å². The lowest BCUT2D eigenvalue weighted by Crippen LogP contribution is -2.51. The second kappa shape index (κ2) is 10.4. The standard InChI is InChI=1S/C34H41NO4/c1-33-21-29(23-6-9-25(10-7-23)35-17-3-4-18-35)32-27-13-11-26(37)20-24(27)8-12-28(32)30(33)14-16-34(33,15-5-19-36)31(38)22-39-2/h6-7,9-10,20,28-30,36H,3-4,8,11-14,16-19,21-22H2,1-2H3/t28-,29?,30-,33-,34+/m0/s1. The SMILES string of the molecule is COCC(=O)[C@@]1(C#CCO)CC[C@H]2[C@@H]3CCC4=CC(=O)CCC4=C3C(c3ccc(N4CCCC4)cc3)C[C@@]21C. The quantitative estimate of drug-likeness (QED) is 0.521. The van der Waals surface area contributed by atoms with Crippen molar-refractivity contribution >= 4 is 17.3 Å². The summed E-state index contributed by atoms with van der Waals surface area (Å²) in [7, 11) is 1.58. The molecule has 39 heavy (non-hydrogen) atoms. The van der Waals surface area contributed by atoms with E-state index in [0.717, 1.165) is 45.2 Å². The van der Waals surface area contributed by atoms with Crippen LogP contribution in [-0.4, -0.2) is 50.1 Å². The van der Waals surface area contributed by atoms with Crippen LogP contribution >= 0.6 is 0 Å². The second-order valence-electron chi connectivity index (χ2n) is 12.5. The van der Waals surface area contributed by atoms with Crippen LogP contribution in [0.15, 0.2) is 47.1 Å². The molecule has 0 spiro atoms. The number of Topliss-reactive ketones (excluding diaryl/α,β-unsaturated/α-hetero) is 1. The molecule has 1 heterocycles. The second-order valence-corrected chi connectivity index (χ2v) is 12.5. The average Bonchev–Trinajstić information content (AvgIpc) is 3.58. The number of nitrogens with zero attached hydrogens (tertiary/aromatic N) is 1. The van der Waals surface area contributed by atoms with E-state index in [1.807, 2.05) is 6.08 Å². The lowest BCUT2D eigenvalue weighted by molar-refractivity contribution is -0.136. The lowest BCUT2D eigenvalue weighted by Gasteiger charge is -2.54. The highest BCUT2D eigenvalue weighted by atomic mass is 16.5. The molecule has 1 aliphatic heterocycles. The first-order valence-corrected chi connectivity index (χ1v) is 14.9. The summed E-state index contributed by atoms with van der Waals surface area (Å²) in [6.45, 7) is 4.34. The van der Waals surface area contributed by atoms with Gasteiger partial charge in [-0.1, -0.05) is 36.5 Å². The van der Waals surface area contributed by atoms with Crippen LogP contribution in [0.4, 0.5) is 5.69 Å². The average molecular weight is 528 g/mol. The number of aliphatic hydroxyl groups is 1. The van der Waals surface area contributed by atoms with Gasteiger partial charge in [0, 0.05) is 38.2 Å². The topological polar surface area (TPSA) is 66.8 Å². The Hall–Kier alpha value is -2.68. The molecule has 0 radical (unpaired) electrons. The third kappa shape index (κ3) is 4.23. The molecule has 206 valence electrons. The van der Waals surface area contributed by atoms with E-state index in [1.165, 1.54) is 40.8 Å². The Balaban J connectivity index is 1.48. The summed E-state index contributed by atoms with van der Waals surface area (Å²) in [6.07, 6.45) is 10.3. The van der Waals surface area contributed by atoms with Crippen molar-refractivity contribution in [1.82, 2.24) is 0 Å². The first kappa shape index (κ1) is 26.5. The zero-order chi connectivity index (χ0) is 27.2. The largest absolute Gasteiger partial charge is 0.384 e. The van der Waals surface area contributed by atoms with E-state index in [0.29, 0.717) is 24.7 Å². The van der Waals surface area contributed by atoms with Gasteiger partial charge in [0.2, 0.25) is 0 Å². The summed E-state index contributed by atoms with van der Waals surface area (Å²) < 4.78 is 5.37. The monoisotopic (exact) mass is 527 g/mol. The van der Waals surface area contributed by atoms with Gasteiger partial charge in [0.1, 0.15) is 13.2 Å². The fourth-order valence-corrected chi connectivity index (χ4v) is 9.06. The molecular formula is C34H41NO4. The van der Waals surface area contributed by atoms with Crippen molar-refractivity contribution < 1.29 is 19.4 Å². The Morgan fingerprint density at radius 1 is 1.13 bits per heavy atom. The lowest BCUT2D eigenvalue weighted by atomic mass is 9.48. The Morgan fingerprint density at radius 2 is 1.90 bits per heavy atom. The van der Waals surface area contributed by atoms with Gasteiger partial charge >= 0.3 is 0 Å². The van der Waals surface area contributed by atoms with Crippen LogP contribution < -0.4 is 4.90 Å². The molecule has 2 saturated carbocycles. The maximum Gasteiger partial charge on any atom is 0.176 e. The van der Waals surface area contributed by atoms with Crippen LogP contribution in [-0.2, 0) is 14.3 Å². The van der Waals surface area contributed by atoms with Crippen LogP contribution in [0, 0.1) is 34.5 Å². The van der Waals surface area contributed by atoms with Gasteiger partial charge in [0.05, 0.1) is 5.41 Å². The highest BCUT2D eigenvalue weighted by Crippen LogP contribution is 2.69. The molecule has 5 aliphatic rings. The molecule has 5 nitrogen and oxygen atoms in total. The first-order chi connectivity index (χ1) is 18.9. The number of anilines is 1. The van der Waals surface area contributed by atoms with Crippen molar-refractivity contribution in [2.75, 3.05) is 38.3 Å². The van der Waals surface area contributed by atoms with Crippen LogP contribution in [0.25, 0.3) is 0 Å². The van der Waals surface area contributed by atoms with Crippen molar-refractivity contribution in [3.63, 3.8) is 0 Å². The third-order valence-electron chi connectivity index (χ3n) is 10.8. The molecule has 3 fully saturated rings. The first-order valence-electron chi connectivity index (χ1n) is 14.9. The van der Waals surface area contributed by atoms with Crippen LogP contribution in [0.1, 0.15) is 76.2 Å². The molecule has 0 aromatic heterocycles. The number of methoxy groups -OCH3 is 1. The van der Waals surface area contributed by atoms with Crippen molar-refractivity contribution in [3.8, 4) is 11.8 Å². The molecule has 5 atom stereocenters. The smallest absolute Gasteiger partial charge is 0.176 e. The molecule has 1 aromatic carbocycles. The predicted octanol–water partition coefficient (Wildman–Crippen LogP) is 5.38. The number of carbonyl (C=O) groups excluding carboxylic acids is 2. The molecule has 0 amide bonds. The summed E-state index contributed by atoms with van der Waals surface area (Å²) >= 11 is 0. The number of hydrogen-bond donors (Lipinski definition) is 1. The maximum absolute atomic E-state index is 13.8. The molecule has 0 bridgehead atoms. The Morgan fingerprint density at radius 3 is 2.62 bits per heavy atom. The summed E-state index contributed by atoms with van der Waals surface area (Å²) in [5.41, 5.74) is 5.64. The Labute approximate surface area is 232 Å². The van der Waals surface area contributed by atoms with Gasteiger partial charge in [0.15, 0.2) is 11.6 Å². The number of allylic oxidation sites excluding steroid dienone is 4. The fraction of sp³-hybridized carbons (Fsp3) is 0.588.